The van der Waals surface area contributed by atoms with Gasteiger partial charge in [0.25, 0.3) is 5.91 Å². The first-order valence-electron chi connectivity index (χ1n) is 10.3. The van der Waals surface area contributed by atoms with E-state index in [0.29, 0.717) is 10.6 Å². The van der Waals surface area contributed by atoms with Crippen molar-refractivity contribution in [3.05, 3.63) is 95.0 Å². The van der Waals surface area contributed by atoms with Gasteiger partial charge >= 0.3 is 0 Å². The Hall–Kier alpha value is -3.74. The first-order valence-corrected chi connectivity index (χ1v) is 11.1. The standard InChI is InChI=1S/C26H19ClN4OS/c1-15-12-22-23(14-21(15)27)30-24(29-22)17-8-4-9-18(13-17)28-26(33)31-25(32)20-11-5-7-16-6-2-3-10-19(16)20/h2-14H,1H3,(H,29,30)(H2,28,31,32,33). The van der Waals surface area contributed by atoms with E-state index in [1.165, 1.54) is 0 Å². The third-order valence-electron chi connectivity index (χ3n) is 5.42. The molecule has 0 aliphatic carbocycles. The van der Waals surface area contributed by atoms with Crippen molar-refractivity contribution in [1.82, 2.24) is 15.3 Å². The number of benzene rings is 4. The van der Waals surface area contributed by atoms with Gasteiger partial charge in [-0.2, -0.15) is 0 Å². The maximum absolute atomic E-state index is 12.8. The van der Waals surface area contributed by atoms with Crippen LogP contribution in [-0.2, 0) is 0 Å². The molecule has 33 heavy (non-hydrogen) atoms. The zero-order chi connectivity index (χ0) is 22.9. The van der Waals surface area contributed by atoms with Crippen LogP contribution in [0.3, 0.4) is 0 Å². The van der Waals surface area contributed by atoms with Gasteiger partial charge in [-0.3, -0.25) is 10.1 Å². The molecule has 0 aliphatic heterocycles. The van der Waals surface area contributed by atoms with Crippen LogP contribution in [-0.4, -0.2) is 21.0 Å². The number of imidazole rings is 1. The summed E-state index contributed by atoms with van der Waals surface area (Å²) in [5.74, 6) is 0.464. The second kappa shape index (κ2) is 8.65. The number of aromatic amines is 1. The minimum absolute atomic E-state index is 0.220. The highest BCUT2D eigenvalue weighted by atomic mass is 35.5. The highest BCUT2D eigenvalue weighted by Crippen LogP contribution is 2.27. The third-order valence-corrected chi connectivity index (χ3v) is 6.03. The topological polar surface area (TPSA) is 69.8 Å². The van der Waals surface area contributed by atoms with Gasteiger partial charge in [-0.1, -0.05) is 60.1 Å². The third kappa shape index (κ3) is 4.31. The van der Waals surface area contributed by atoms with E-state index >= 15 is 0 Å². The number of H-pyrrole nitrogens is 1. The molecule has 0 bridgehead atoms. The number of thiocarbonyl (C=S) groups is 1. The van der Waals surface area contributed by atoms with Crippen molar-refractivity contribution in [1.29, 1.82) is 0 Å². The fraction of sp³-hybridized carbons (Fsp3) is 0.0385. The highest BCUT2D eigenvalue weighted by molar-refractivity contribution is 7.80. The molecule has 5 aromatic rings. The Balaban J connectivity index is 1.34. The molecule has 0 saturated heterocycles. The van der Waals surface area contributed by atoms with Gasteiger partial charge in [0.2, 0.25) is 0 Å². The van der Waals surface area contributed by atoms with Crippen LogP contribution in [0.4, 0.5) is 5.69 Å². The lowest BCUT2D eigenvalue weighted by atomic mass is 10.0. The van der Waals surface area contributed by atoms with Gasteiger partial charge in [0.15, 0.2) is 5.11 Å². The smallest absolute Gasteiger partial charge is 0.258 e. The minimum Gasteiger partial charge on any atom is -0.338 e. The van der Waals surface area contributed by atoms with Gasteiger partial charge in [-0.05, 0) is 65.8 Å². The maximum atomic E-state index is 12.8. The Labute approximate surface area is 200 Å². The lowest BCUT2D eigenvalue weighted by molar-refractivity contribution is 0.0979. The van der Waals surface area contributed by atoms with E-state index in [1.54, 1.807) is 6.07 Å². The summed E-state index contributed by atoms with van der Waals surface area (Å²) in [6.07, 6.45) is 0. The molecule has 0 fully saturated rings. The zero-order valence-corrected chi connectivity index (χ0v) is 19.2. The number of carbonyl (C=O) groups excluding carboxylic acids is 1. The maximum Gasteiger partial charge on any atom is 0.258 e. The lowest BCUT2D eigenvalue weighted by Crippen LogP contribution is -2.34. The van der Waals surface area contributed by atoms with Crippen LogP contribution < -0.4 is 10.6 Å². The molecule has 1 amide bonds. The number of nitrogens with one attached hydrogen (secondary N) is 3. The van der Waals surface area contributed by atoms with E-state index in [0.717, 1.165) is 44.4 Å². The summed E-state index contributed by atoms with van der Waals surface area (Å²) >= 11 is 11.6. The highest BCUT2D eigenvalue weighted by Gasteiger charge is 2.12. The predicted molar refractivity (Wildman–Crippen MR) is 139 cm³/mol. The van der Waals surface area contributed by atoms with Gasteiger partial charge in [0, 0.05) is 21.8 Å². The Bertz CT molecular complexity index is 1500. The van der Waals surface area contributed by atoms with E-state index < -0.39 is 0 Å². The minimum atomic E-state index is -0.259. The molecule has 7 heteroatoms. The zero-order valence-electron chi connectivity index (χ0n) is 17.6. The largest absolute Gasteiger partial charge is 0.338 e. The van der Waals surface area contributed by atoms with Gasteiger partial charge < -0.3 is 10.3 Å². The van der Waals surface area contributed by atoms with Crippen LogP contribution in [0.1, 0.15) is 15.9 Å². The predicted octanol–water partition coefficient (Wildman–Crippen LogP) is 6.47. The summed E-state index contributed by atoms with van der Waals surface area (Å²) in [6.45, 7) is 1.96. The number of nitrogens with zero attached hydrogens (tertiary/aromatic N) is 1. The number of aryl methyl sites for hydroxylation is 1. The molecule has 1 aromatic heterocycles. The molecule has 0 saturated carbocycles. The second-order valence-electron chi connectivity index (χ2n) is 7.72. The normalized spacial score (nSPS) is 11.0. The molecule has 4 aromatic carbocycles. The number of anilines is 1. The number of rotatable bonds is 3. The number of hydrogen-bond acceptors (Lipinski definition) is 3. The van der Waals surface area contributed by atoms with Gasteiger partial charge in [0.05, 0.1) is 11.0 Å². The first kappa shape index (κ1) is 21.1. The molecule has 1 heterocycles. The Morgan fingerprint density at radius 3 is 2.67 bits per heavy atom. The van der Waals surface area contributed by atoms with Crippen LogP contribution in [0.15, 0.2) is 78.9 Å². The second-order valence-corrected chi connectivity index (χ2v) is 8.54. The Kier molecular flexibility index (Phi) is 5.54. The van der Waals surface area contributed by atoms with Gasteiger partial charge in [-0.15, -0.1) is 0 Å². The molecule has 3 N–H and O–H groups in total. The van der Waals surface area contributed by atoms with Gasteiger partial charge in [0.1, 0.15) is 5.82 Å². The van der Waals surface area contributed by atoms with Crippen LogP contribution >= 0.6 is 23.8 Å². The molecule has 162 valence electrons. The fourth-order valence-electron chi connectivity index (χ4n) is 3.78. The number of hydrogen-bond donors (Lipinski definition) is 3. The number of amides is 1. The molecular formula is C26H19ClN4OS. The number of carbonyl (C=O) groups is 1. The van der Waals surface area contributed by atoms with Crippen molar-refractivity contribution in [3.8, 4) is 11.4 Å². The van der Waals surface area contributed by atoms with Crippen LogP contribution in [0, 0.1) is 6.92 Å². The number of aromatic nitrogens is 2. The molecule has 0 radical (unpaired) electrons. The number of fused-ring (bicyclic) bond motifs is 2. The Morgan fingerprint density at radius 1 is 1.00 bits per heavy atom. The van der Waals surface area contributed by atoms with Crippen molar-refractivity contribution in [2.75, 3.05) is 5.32 Å². The van der Waals surface area contributed by atoms with Crippen molar-refractivity contribution in [3.63, 3.8) is 0 Å². The molecule has 5 nitrogen and oxygen atoms in total. The van der Waals surface area contributed by atoms with Crippen molar-refractivity contribution < 1.29 is 4.79 Å². The Morgan fingerprint density at radius 2 is 1.79 bits per heavy atom. The molecule has 0 aliphatic rings. The van der Waals surface area contributed by atoms with E-state index in [4.69, 9.17) is 23.8 Å². The summed E-state index contributed by atoms with van der Waals surface area (Å²) in [7, 11) is 0. The van der Waals surface area contributed by atoms with Crippen molar-refractivity contribution >= 4 is 62.3 Å². The molecule has 0 atom stereocenters. The van der Waals surface area contributed by atoms with Crippen LogP contribution in [0.2, 0.25) is 5.02 Å². The van der Waals surface area contributed by atoms with E-state index in [-0.39, 0.29) is 11.0 Å². The quantitative estimate of drug-likeness (QED) is 0.264. The van der Waals surface area contributed by atoms with E-state index in [1.807, 2.05) is 79.7 Å². The monoisotopic (exact) mass is 470 g/mol. The van der Waals surface area contributed by atoms with Crippen molar-refractivity contribution in [2.45, 2.75) is 6.92 Å². The van der Waals surface area contributed by atoms with E-state index in [2.05, 4.69) is 20.6 Å². The van der Waals surface area contributed by atoms with Gasteiger partial charge in [-0.25, -0.2) is 4.98 Å². The summed E-state index contributed by atoms with van der Waals surface area (Å²) in [6, 6.07) is 24.9. The molecule has 0 unspecified atom stereocenters. The molecule has 0 spiro atoms. The average Bonchev–Trinajstić information content (AvgIpc) is 3.21. The van der Waals surface area contributed by atoms with Crippen LogP contribution in [0.25, 0.3) is 33.2 Å². The molecule has 5 rings (SSSR count). The SMILES string of the molecule is Cc1cc2[nH]c(-c3cccc(NC(=S)NC(=O)c4cccc5ccccc45)c3)nc2cc1Cl. The lowest BCUT2D eigenvalue weighted by Gasteiger charge is -2.11. The first-order chi connectivity index (χ1) is 16.0. The van der Waals surface area contributed by atoms with Crippen LogP contribution in [0.5, 0.6) is 0 Å². The number of halogens is 1. The summed E-state index contributed by atoms with van der Waals surface area (Å²) in [5, 5.41) is 8.64. The molecular weight excluding hydrogens is 452 g/mol. The summed E-state index contributed by atoms with van der Waals surface area (Å²) in [4.78, 5) is 20.8. The van der Waals surface area contributed by atoms with E-state index in [9.17, 15) is 4.79 Å². The van der Waals surface area contributed by atoms with Crippen molar-refractivity contribution in [2.24, 2.45) is 0 Å². The average molecular weight is 471 g/mol. The summed E-state index contributed by atoms with van der Waals surface area (Å²) in [5.41, 5.74) is 4.91. The summed E-state index contributed by atoms with van der Waals surface area (Å²) < 4.78 is 0. The fourth-order valence-corrected chi connectivity index (χ4v) is 4.15.